The van der Waals surface area contributed by atoms with Gasteiger partial charge in [-0.15, -0.1) is 11.3 Å². The normalized spacial score (nSPS) is 10.4. The van der Waals surface area contributed by atoms with Gasteiger partial charge in [-0.2, -0.15) is 0 Å². The molecule has 7 heteroatoms. The third kappa shape index (κ3) is 5.15. The number of hydrogen-bond acceptors (Lipinski definition) is 5. The van der Waals surface area contributed by atoms with Crippen LogP contribution in [0.15, 0.2) is 53.9 Å². The van der Waals surface area contributed by atoms with Crippen LogP contribution in [0, 0.1) is 6.92 Å². The Labute approximate surface area is 160 Å². The molecule has 0 fully saturated rings. The van der Waals surface area contributed by atoms with Crippen LogP contribution < -0.4 is 10.1 Å². The SMILES string of the molecule is Cc1cc(OCC(=O)O)ccc1NC(=O)Cc1csc(-c2ccccc2)n1. The Hall–Kier alpha value is -3.19. The van der Waals surface area contributed by atoms with E-state index in [9.17, 15) is 9.59 Å². The van der Waals surface area contributed by atoms with Gasteiger partial charge in [0.15, 0.2) is 6.61 Å². The molecule has 0 atom stereocenters. The predicted octanol–water partition coefficient (Wildman–Crippen LogP) is 3.76. The van der Waals surface area contributed by atoms with Crippen LogP contribution >= 0.6 is 11.3 Å². The number of aromatic nitrogens is 1. The number of rotatable bonds is 7. The largest absolute Gasteiger partial charge is 0.482 e. The highest BCUT2D eigenvalue weighted by atomic mass is 32.1. The first kappa shape index (κ1) is 18.6. The summed E-state index contributed by atoms with van der Waals surface area (Å²) < 4.78 is 5.13. The average Bonchev–Trinajstić information content (AvgIpc) is 3.11. The zero-order valence-electron chi connectivity index (χ0n) is 14.6. The Morgan fingerprint density at radius 1 is 1.19 bits per heavy atom. The van der Waals surface area contributed by atoms with E-state index >= 15 is 0 Å². The summed E-state index contributed by atoms with van der Waals surface area (Å²) in [6, 6.07) is 14.8. The molecule has 0 unspecified atom stereocenters. The lowest BCUT2D eigenvalue weighted by Crippen LogP contribution is -2.15. The second kappa shape index (κ2) is 8.46. The second-order valence-electron chi connectivity index (χ2n) is 5.89. The highest BCUT2D eigenvalue weighted by molar-refractivity contribution is 7.13. The van der Waals surface area contributed by atoms with Crippen molar-refractivity contribution in [3.63, 3.8) is 0 Å². The van der Waals surface area contributed by atoms with Crippen molar-refractivity contribution in [1.82, 2.24) is 4.98 Å². The van der Waals surface area contributed by atoms with Gasteiger partial charge in [-0.25, -0.2) is 9.78 Å². The van der Waals surface area contributed by atoms with Gasteiger partial charge in [0.25, 0.3) is 0 Å². The third-order valence-corrected chi connectivity index (χ3v) is 4.69. The van der Waals surface area contributed by atoms with Gasteiger partial charge in [0, 0.05) is 16.6 Å². The summed E-state index contributed by atoms with van der Waals surface area (Å²) in [5.41, 5.74) is 3.19. The Morgan fingerprint density at radius 3 is 2.67 bits per heavy atom. The molecule has 27 heavy (non-hydrogen) atoms. The highest BCUT2D eigenvalue weighted by Crippen LogP contribution is 2.24. The van der Waals surface area contributed by atoms with Crippen LogP contribution in [0.25, 0.3) is 10.6 Å². The minimum Gasteiger partial charge on any atom is -0.482 e. The van der Waals surface area contributed by atoms with Gasteiger partial charge in [-0.1, -0.05) is 30.3 Å². The molecule has 0 saturated carbocycles. The minimum atomic E-state index is -1.04. The lowest BCUT2D eigenvalue weighted by atomic mass is 10.2. The van der Waals surface area contributed by atoms with Crippen LogP contribution in [-0.2, 0) is 16.0 Å². The molecule has 0 aliphatic heterocycles. The van der Waals surface area contributed by atoms with E-state index in [1.54, 1.807) is 18.2 Å². The van der Waals surface area contributed by atoms with Gasteiger partial charge >= 0.3 is 5.97 Å². The number of aryl methyl sites for hydroxylation is 1. The summed E-state index contributed by atoms with van der Waals surface area (Å²) in [6.45, 7) is 1.41. The Bertz CT molecular complexity index is 954. The summed E-state index contributed by atoms with van der Waals surface area (Å²) in [4.78, 5) is 27.4. The fraction of sp³-hybridized carbons (Fsp3) is 0.150. The molecule has 0 saturated heterocycles. The van der Waals surface area contributed by atoms with Crippen molar-refractivity contribution >= 4 is 28.9 Å². The molecule has 6 nitrogen and oxygen atoms in total. The standard InChI is InChI=1S/C20H18N2O4S/c1-13-9-16(26-11-19(24)25)7-8-17(13)22-18(23)10-15-12-27-20(21-15)14-5-3-2-4-6-14/h2-9,12H,10-11H2,1H3,(H,22,23)(H,24,25). The molecule has 0 aliphatic carbocycles. The number of hydrogen-bond donors (Lipinski definition) is 2. The maximum absolute atomic E-state index is 12.3. The van der Waals surface area contributed by atoms with Crippen molar-refractivity contribution in [3.8, 4) is 16.3 Å². The maximum Gasteiger partial charge on any atom is 0.341 e. The zero-order valence-corrected chi connectivity index (χ0v) is 15.5. The minimum absolute atomic E-state index is 0.165. The summed E-state index contributed by atoms with van der Waals surface area (Å²) in [5.74, 6) is -0.759. The van der Waals surface area contributed by atoms with Gasteiger partial charge in [0.2, 0.25) is 5.91 Å². The quantitative estimate of drug-likeness (QED) is 0.649. The summed E-state index contributed by atoms with van der Waals surface area (Å²) in [6.07, 6.45) is 0.181. The molecule has 2 N–H and O–H groups in total. The van der Waals surface area contributed by atoms with E-state index in [4.69, 9.17) is 9.84 Å². The van der Waals surface area contributed by atoms with E-state index < -0.39 is 12.6 Å². The monoisotopic (exact) mass is 382 g/mol. The van der Waals surface area contributed by atoms with E-state index in [-0.39, 0.29) is 12.3 Å². The molecule has 3 rings (SSSR count). The number of aliphatic carboxylic acids is 1. The van der Waals surface area contributed by atoms with Crippen LogP contribution in [0.2, 0.25) is 0 Å². The molecule has 0 aliphatic rings. The number of thiazole rings is 1. The lowest BCUT2D eigenvalue weighted by molar-refractivity contribution is -0.139. The van der Waals surface area contributed by atoms with Crippen LogP contribution in [0.3, 0.4) is 0 Å². The fourth-order valence-corrected chi connectivity index (χ4v) is 3.30. The first-order valence-corrected chi connectivity index (χ1v) is 9.14. The van der Waals surface area contributed by atoms with Crippen LogP contribution in [0.4, 0.5) is 5.69 Å². The third-order valence-electron chi connectivity index (χ3n) is 3.75. The van der Waals surface area contributed by atoms with Crippen molar-refractivity contribution in [2.75, 3.05) is 11.9 Å². The lowest BCUT2D eigenvalue weighted by Gasteiger charge is -2.10. The number of anilines is 1. The molecule has 138 valence electrons. The molecular weight excluding hydrogens is 364 g/mol. The van der Waals surface area contributed by atoms with Gasteiger partial charge < -0.3 is 15.2 Å². The van der Waals surface area contributed by atoms with Crippen LogP contribution in [0.5, 0.6) is 5.75 Å². The molecule has 3 aromatic rings. The summed E-state index contributed by atoms with van der Waals surface area (Å²) >= 11 is 1.51. The second-order valence-corrected chi connectivity index (χ2v) is 6.75. The number of carbonyl (C=O) groups excluding carboxylic acids is 1. The molecule has 1 amide bonds. The zero-order chi connectivity index (χ0) is 19.2. The molecule has 1 heterocycles. The van der Waals surface area contributed by atoms with E-state index in [0.717, 1.165) is 21.8 Å². The molecule has 2 aromatic carbocycles. The number of ether oxygens (including phenoxy) is 1. The van der Waals surface area contributed by atoms with Crippen molar-refractivity contribution < 1.29 is 19.4 Å². The number of nitrogens with one attached hydrogen (secondary N) is 1. The first-order valence-electron chi connectivity index (χ1n) is 8.26. The van der Waals surface area contributed by atoms with E-state index in [0.29, 0.717) is 11.4 Å². The number of carboxylic acid groups (broad SMARTS) is 1. The Morgan fingerprint density at radius 2 is 1.96 bits per heavy atom. The van der Waals surface area contributed by atoms with Gasteiger partial charge in [-0.3, -0.25) is 4.79 Å². The topological polar surface area (TPSA) is 88.5 Å². The van der Waals surface area contributed by atoms with Crippen molar-refractivity contribution in [2.45, 2.75) is 13.3 Å². The molecule has 0 spiro atoms. The smallest absolute Gasteiger partial charge is 0.341 e. The number of amides is 1. The van der Waals surface area contributed by atoms with Crippen LogP contribution in [-0.4, -0.2) is 28.6 Å². The number of nitrogens with zero attached hydrogens (tertiary/aromatic N) is 1. The Kier molecular flexibility index (Phi) is 5.83. The van der Waals surface area contributed by atoms with Crippen molar-refractivity contribution in [2.24, 2.45) is 0 Å². The number of benzene rings is 2. The average molecular weight is 382 g/mol. The summed E-state index contributed by atoms with van der Waals surface area (Å²) in [7, 11) is 0. The summed E-state index contributed by atoms with van der Waals surface area (Å²) in [5, 5.41) is 14.3. The first-order chi connectivity index (χ1) is 13.0. The number of carbonyl (C=O) groups is 2. The van der Waals surface area contributed by atoms with Crippen molar-refractivity contribution in [3.05, 3.63) is 65.2 Å². The molecule has 0 radical (unpaired) electrons. The van der Waals surface area contributed by atoms with Crippen molar-refractivity contribution in [1.29, 1.82) is 0 Å². The molecule has 0 bridgehead atoms. The Balaban J connectivity index is 1.61. The van der Waals surface area contributed by atoms with E-state index in [1.807, 2.05) is 42.6 Å². The van der Waals surface area contributed by atoms with Gasteiger partial charge in [0.1, 0.15) is 10.8 Å². The predicted molar refractivity (Wildman–Crippen MR) is 104 cm³/mol. The highest BCUT2D eigenvalue weighted by Gasteiger charge is 2.11. The number of carboxylic acids is 1. The molecule has 1 aromatic heterocycles. The van der Waals surface area contributed by atoms with Gasteiger partial charge in [0.05, 0.1) is 12.1 Å². The van der Waals surface area contributed by atoms with Crippen LogP contribution in [0.1, 0.15) is 11.3 Å². The van der Waals surface area contributed by atoms with E-state index in [1.165, 1.54) is 11.3 Å². The van der Waals surface area contributed by atoms with E-state index in [2.05, 4.69) is 10.3 Å². The maximum atomic E-state index is 12.3. The van der Waals surface area contributed by atoms with Gasteiger partial charge in [-0.05, 0) is 30.7 Å². The molecular formula is C20H18N2O4S. The fourth-order valence-electron chi connectivity index (χ4n) is 2.47.